The lowest BCUT2D eigenvalue weighted by atomic mass is 10.2. The zero-order chi connectivity index (χ0) is 16.4. The number of nitrogens with zero attached hydrogens (tertiary/aromatic N) is 3. The third-order valence-electron chi connectivity index (χ3n) is 2.97. The van der Waals surface area contributed by atoms with Gasteiger partial charge in [-0.25, -0.2) is 4.79 Å². The topological polar surface area (TPSA) is 117 Å². The van der Waals surface area contributed by atoms with Gasteiger partial charge in [0.15, 0.2) is 6.61 Å². The maximum absolute atomic E-state index is 11.9. The Balaban J connectivity index is 1.69. The van der Waals surface area contributed by atoms with Gasteiger partial charge < -0.3 is 19.5 Å². The Labute approximate surface area is 138 Å². The van der Waals surface area contributed by atoms with Crippen molar-refractivity contribution in [1.29, 1.82) is 0 Å². The molecule has 8 nitrogen and oxygen atoms in total. The third-order valence-corrected chi connectivity index (χ3v) is 3.46. The number of ether oxygens (including phenoxy) is 1. The Bertz CT molecular complexity index is 839. The second-order valence-corrected chi connectivity index (χ2v) is 5.52. The predicted molar refractivity (Wildman–Crippen MR) is 82.2 cm³/mol. The van der Waals surface area contributed by atoms with E-state index in [0.717, 1.165) is 10.0 Å². The van der Waals surface area contributed by atoms with Crippen molar-refractivity contribution >= 4 is 27.8 Å². The maximum Gasteiger partial charge on any atom is 0.346 e. The molecule has 118 valence electrons. The third kappa shape index (κ3) is 3.24. The first-order valence-electron chi connectivity index (χ1n) is 6.52. The van der Waals surface area contributed by atoms with Crippen molar-refractivity contribution in [2.24, 2.45) is 0 Å². The van der Waals surface area contributed by atoms with E-state index in [0.29, 0.717) is 11.5 Å². The van der Waals surface area contributed by atoms with Crippen molar-refractivity contribution in [3.8, 4) is 11.4 Å². The Kier molecular flexibility index (Phi) is 4.11. The quantitative estimate of drug-likeness (QED) is 0.688. The molecule has 3 rings (SSSR count). The number of carbonyl (C=O) groups excluding carboxylic acids is 1. The van der Waals surface area contributed by atoms with Gasteiger partial charge in [0.2, 0.25) is 11.7 Å². The summed E-state index contributed by atoms with van der Waals surface area (Å²) in [6, 6.07) is 7.43. The van der Waals surface area contributed by atoms with Gasteiger partial charge in [0.1, 0.15) is 5.56 Å². The summed E-state index contributed by atoms with van der Waals surface area (Å²) in [6.45, 7) is 1.42. The van der Waals surface area contributed by atoms with Crippen LogP contribution in [0.2, 0.25) is 0 Å². The molecule has 0 spiro atoms. The first-order valence-corrected chi connectivity index (χ1v) is 7.31. The molecule has 0 radical (unpaired) electrons. The smallest absolute Gasteiger partial charge is 0.346 e. The summed E-state index contributed by atoms with van der Waals surface area (Å²) in [4.78, 5) is 16.1. The van der Waals surface area contributed by atoms with Crippen LogP contribution in [0.25, 0.3) is 11.4 Å². The van der Waals surface area contributed by atoms with E-state index >= 15 is 0 Å². The van der Waals surface area contributed by atoms with Crippen molar-refractivity contribution in [3.63, 3.8) is 0 Å². The van der Waals surface area contributed by atoms with Crippen molar-refractivity contribution in [1.82, 2.24) is 15.3 Å². The Morgan fingerprint density at radius 2 is 2.17 bits per heavy atom. The normalized spacial score (nSPS) is 10.7. The van der Waals surface area contributed by atoms with Crippen molar-refractivity contribution in [3.05, 3.63) is 45.9 Å². The van der Waals surface area contributed by atoms with Gasteiger partial charge in [0.25, 0.3) is 5.89 Å². The van der Waals surface area contributed by atoms with E-state index in [1.54, 1.807) is 6.92 Å². The molecule has 0 amide bonds. The van der Waals surface area contributed by atoms with E-state index in [-0.39, 0.29) is 23.9 Å². The fourth-order valence-corrected chi connectivity index (χ4v) is 2.29. The van der Waals surface area contributed by atoms with Crippen LogP contribution >= 0.6 is 15.9 Å². The number of nitrogens with two attached hydrogens (primary N) is 1. The van der Waals surface area contributed by atoms with Crippen LogP contribution in [0.1, 0.15) is 21.9 Å². The summed E-state index contributed by atoms with van der Waals surface area (Å²) in [5.74, 6) is -0.185. The Hall–Kier alpha value is -2.68. The van der Waals surface area contributed by atoms with Crippen molar-refractivity contribution < 1.29 is 18.6 Å². The van der Waals surface area contributed by atoms with Crippen LogP contribution in [0.5, 0.6) is 0 Å². The molecular weight excluding hydrogens is 368 g/mol. The molecule has 0 fully saturated rings. The molecule has 2 aromatic heterocycles. The number of benzene rings is 1. The molecular formula is C14H11BrN4O4. The van der Waals surface area contributed by atoms with Crippen LogP contribution in [0, 0.1) is 6.92 Å². The molecule has 1 aromatic carbocycles. The fourth-order valence-electron chi connectivity index (χ4n) is 1.89. The van der Waals surface area contributed by atoms with Crippen LogP contribution in [0.15, 0.2) is 37.8 Å². The summed E-state index contributed by atoms with van der Waals surface area (Å²) in [5, 5.41) is 7.44. The molecule has 0 aliphatic rings. The van der Waals surface area contributed by atoms with E-state index in [9.17, 15) is 4.79 Å². The molecule has 0 unspecified atom stereocenters. The van der Waals surface area contributed by atoms with Crippen LogP contribution in [-0.4, -0.2) is 21.3 Å². The molecule has 0 saturated heterocycles. The van der Waals surface area contributed by atoms with Gasteiger partial charge in [-0.3, -0.25) is 0 Å². The Morgan fingerprint density at radius 3 is 2.87 bits per heavy atom. The highest BCUT2D eigenvalue weighted by Gasteiger charge is 2.21. The Morgan fingerprint density at radius 1 is 1.35 bits per heavy atom. The van der Waals surface area contributed by atoms with E-state index in [1.165, 1.54) is 0 Å². The summed E-state index contributed by atoms with van der Waals surface area (Å²) in [6.07, 6.45) is 0. The maximum atomic E-state index is 11.9. The van der Waals surface area contributed by atoms with E-state index in [2.05, 4.69) is 31.2 Å². The van der Waals surface area contributed by atoms with Crippen molar-refractivity contribution in [2.75, 3.05) is 5.73 Å². The standard InChI is InChI=1S/C14H11BrN4O4/c1-7-11(12(16)23-18-7)14(20)21-6-10-17-13(19-22-10)8-3-2-4-9(15)5-8/h2-5H,6,16H2,1H3. The number of carbonyl (C=O) groups is 1. The summed E-state index contributed by atoms with van der Waals surface area (Å²) in [5.41, 5.74) is 6.75. The lowest BCUT2D eigenvalue weighted by Crippen LogP contribution is -2.08. The van der Waals surface area contributed by atoms with Crippen LogP contribution < -0.4 is 5.73 Å². The average Bonchev–Trinajstić information content (AvgIpc) is 3.12. The van der Waals surface area contributed by atoms with Gasteiger partial charge in [0, 0.05) is 10.0 Å². The largest absolute Gasteiger partial charge is 0.452 e. The molecule has 9 heteroatoms. The fraction of sp³-hybridized carbons (Fsp3) is 0.143. The minimum absolute atomic E-state index is 0.0900. The minimum Gasteiger partial charge on any atom is -0.452 e. The lowest BCUT2D eigenvalue weighted by Gasteiger charge is -2.00. The molecule has 0 atom stereocenters. The molecule has 0 aliphatic heterocycles. The number of hydrogen-bond donors (Lipinski definition) is 1. The van der Waals surface area contributed by atoms with Crippen LogP contribution in [-0.2, 0) is 11.3 Å². The SMILES string of the molecule is Cc1noc(N)c1C(=O)OCc1nc(-c2cccc(Br)c2)no1. The summed E-state index contributed by atoms with van der Waals surface area (Å²) >= 11 is 3.37. The van der Waals surface area contributed by atoms with Gasteiger partial charge in [0.05, 0.1) is 5.69 Å². The molecule has 2 heterocycles. The number of nitrogen functional groups attached to an aromatic ring is 1. The highest BCUT2D eigenvalue weighted by molar-refractivity contribution is 9.10. The molecule has 0 bridgehead atoms. The molecule has 0 aliphatic carbocycles. The van der Waals surface area contributed by atoms with Crippen LogP contribution in [0.4, 0.5) is 5.88 Å². The molecule has 2 N–H and O–H groups in total. The number of rotatable bonds is 4. The van der Waals surface area contributed by atoms with Gasteiger partial charge >= 0.3 is 5.97 Å². The van der Waals surface area contributed by atoms with Gasteiger partial charge in [-0.1, -0.05) is 38.4 Å². The predicted octanol–water partition coefficient (Wildman–Crippen LogP) is 2.73. The molecule has 3 aromatic rings. The van der Waals surface area contributed by atoms with Gasteiger partial charge in [-0.2, -0.15) is 4.98 Å². The average molecular weight is 379 g/mol. The first-order chi connectivity index (χ1) is 11.0. The summed E-state index contributed by atoms with van der Waals surface area (Å²) in [7, 11) is 0. The first kappa shape index (κ1) is 15.2. The highest BCUT2D eigenvalue weighted by atomic mass is 79.9. The molecule has 23 heavy (non-hydrogen) atoms. The number of esters is 1. The number of hydrogen-bond acceptors (Lipinski definition) is 8. The zero-order valence-corrected chi connectivity index (χ0v) is 13.5. The minimum atomic E-state index is -0.663. The van der Waals surface area contributed by atoms with Gasteiger partial charge in [-0.05, 0) is 19.1 Å². The second-order valence-electron chi connectivity index (χ2n) is 4.61. The summed E-state index contributed by atoms with van der Waals surface area (Å²) < 4.78 is 15.8. The highest BCUT2D eigenvalue weighted by Crippen LogP contribution is 2.21. The van der Waals surface area contributed by atoms with Gasteiger partial charge in [-0.15, -0.1) is 0 Å². The van der Waals surface area contributed by atoms with E-state index in [1.807, 2.05) is 24.3 Å². The monoisotopic (exact) mass is 378 g/mol. The second kappa shape index (κ2) is 6.21. The van der Waals surface area contributed by atoms with Crippen molar-refractivity contribution in [2.45, 2.75) is 13.5 Å². The number of halogens is 1. The van der Waals surface area contributed by atoms with E-state index in [4.69, 9.17) is 19.5 Å². The number of anilines is 1. The number of aryl methyl sites for hydroxylation is 1. The number of aromatic nitrogens is 3. The molecule has 0 saturated carbocycles. The zero-order valence-electron chi connectivity index (χ0n) is 11.9. The van der Waals surface area contributed by atoms with Crippen LogP contribution in [0.3, 0.4) is 0 Å². The lowest BCUT2D eigenvalue weighted by molar-refractivity contribution is 0.0430. The van der Waals surface area contributed by atoms with E-state index < -0.39 is 5.97 Å².